The third-order valence-electron chi connectivity index (χ3n) is 2.81. The van der Waals surface area contributed by atoms with Crippen molar-refractivity contribution in [2.45, 2.75) is 6.54 Å². The van der Waals surface area contributed by atoms with E-state index in [4.69, 9.17) is 22.1 Å². The summed E-state index contributed by atoms with van der Waals surface area (Å²) < 4.78 is 5.09. The third kappa shape index (κ3) is 3.03. The molecule has 2 aromatic rings. The van der Waals surface area contributed by atoms with E-state index in [0.717, 1.165) is 11.3 Å². The number of nitrogen functional groups attached to an aromatic ring is 1. The predicted molar refractivity (Wildman–Crippen MR) is 77.8 cm³/mol. The molecule has 2 aromatic carbocycles. The molecule has 0 saturated carbocycles. The number of ether oxygens (including phenoxy) is 1. The van der Waals surface area contributed by atoms with Crippen LogP contribution in [0.2, 0.25) is 5.02 Å². The summed E-state index contributed by atoms with van der Waals surface area (Å²) in [4.78, 5) is 0. The van der Waals surface area contributed by atoms with Crippen LogP contribution in [-0.2, 0) is 6.54 Å². The fourth-order valence-corrected chi connectivity index (χ4v) is 1.84. The van der Waals surface area contributed by atoms with E-state index in [1.807, 2.05) is 24.3 Å². The average molecular weight is 279 g/mol. The Labute approximate surface area is 116 Å². The minimum Gasteiger partial charge on any atom is -0.504 e. The van der Waals surface area contributed by atoms with Crippen LogP contribution in [0.3, 0.4) is 0 Å². The van der Waals surface area contributed by atoms with Crippen LogP contribution in [0.25, 0.3) is 0 Å². The lowest BCUT2D eigenvalue weighted by Gasteiger charge is -2.11. The minimum atomic E-state index is -0.0959. The summed E-state index contributed by atoms with van der Waals surface area (Å²) in [5, 5.41) is 13.0. The second-order valence-electron chi connectivity index (χ2n) is 4.06. The molecule has 0 saturated heterocycles. The lowest BCUT2D eigenvalue weighted by Crippen LogP contribution is -2.02. The van der Waals surface area contributed by atoms with E-state index in [-0.39, 0.29) is 16.5 Å². The van der Waals surface area contributed by atoms with Crippen LogP contribution >= 0.6 is 11.6 Å². The molecule has 4 nitrogen and oxygen atoms in total. The topological polar surface area (TPSA) is 67.5 Å². The predicted octanol–water partition coefficient (Wildman–Crippen LogP) is 3.25. The van der Waals surface area contributed by atoms with Gasteiger partial charge in [0.1, 0.15) is 5.75 Å². The van der Waals surface area contributed by atoms with Gasteiger partial charge in [0.25, 0.3) is 0 Å². The summed E-state index contributed by atoms with van der Waals surface area (Å²) in [6.07, 6.45) is 0. The molecule has 100 valence electrons. The molecule has 0 aliphatic heterocycles. The number of anilines is 2. The standard InChI is InChI=1S/C14H15ClN2O2/c1-19-10-4-2-9(3-5-10)8-17-12-7-6-11(15)14(18)13(12)16/h2-7,17-18H,8,16H2,1H3. The number of nitrogens with two attached hydrogens (primary N) is 1. The normalized spacial score (nSPS) is 10.2. The maximum Gasteiger partial charge on any atom is 0.159 e. The van der Waals surface area contributed by atoms with Crippen molar-refractivity contribution in [3.63, 3.8) is 0 Å². The Morgan fingerprint density at radius 3 is 2.53 bits per heavy atom. The Kier molecular flexibility index (Phi) is 4.02. The van der Waals surface area contributed by atoms with Gasteiger partial charge in [0.05, 0.1) is 23.5 Å². The molecule has 0 amide bonds. The number of nitrogens with one attached hydrogen (secondary N) is 1. The summed E-state index contributed by atoms with van der Waals surface area (Å²) in [7, 11) is 1.63. The number of hydrogen-bond acceptors (Lipinski definition) is 4. The first-order chi connectivity index (χ1) is 9.11. The zero-order valence-corrected chi connectivity index (χ0v) is 11.2. The van der Waals surface area contributed by atoms with E-state index < -0.39 is 0 Å². The van der Waals surface area contributed by atoms with E-state index in [2.05, 4.69) is 5.32 Å². The first kappa shape index (κ1) is 13.4. The number of phenols is 1. The monoisotopic (exact) mass is 278 g/mol. The van der Waals surface area contributed by atoms with Crippen molar-refractivity contribution in [2.24, 2.45) is 0 Å². The first-order valence-electron chi connectivity index (χ1n) is 5.75. The van der Waals surface area contributed by atoms with Gasteiger partial charge in [-0.05, 0) is 29.8 Å². The van der Waals surface area contributed by atoms with Crippen LogP contribution in [0.1, 0.15) is 5.56 Å². The second-order valence-corrected chi connectivity index (χ2v) is 4.47. The molecular formula is C14H15ClN2O2. The molecule has 4 N–H and O–H groups in total. The maximum absolute atomic E-state index is 9.64. The number of methoxy groups -OCH3 is 1. The van der Waals surface area contributed by atoms with Crippen molar-refractivity contribution in [1.29, 1.82) is 0 Å². The van der Waals surface area contributed by atoms with Crippen molar-refractivity contribution in [2.75, 3.05) is 18.2 Å². The average Bonchev–Trinajstić information content (AvgIpc) is 2.45. The van der Waals surface area contributed by atoms with Crippen LogP contribution in [0.5, 0.6) is 11.5 Å². The van der Waals surface area contributed by atoms with E-state index in [0.29, 0.717) is 12.2 Å². The summed E-state index contributed by atoms with van der Waals surface area (Å²) in [6, 6.07) is 11.0. The number of phenolic OH excluding ortho intramolecular Hbond substituents is 1. The second kappa shape index (κ2) is 5.71. The Balaban J connectivity index is 2.08. The molecule has 0 bridgehead atoms. The molecular weight excluding hydrogens is 264 g/mol. The molecule has 0 aliphatic rings. The van der Waals surface area contributed by atoms with Crippen LogP contribution in [0.15, 0.2) is 36.4 Å². The Hall–Kier alpha value is -2.07. The van der Waals surface area contributed by atoms with Crippen LogP contribution in [0, 0.1) is 0 Å². The fourth-order valence-electron chi connectivity index (χ4n) is 1.68. The van der Waals surface area contributed by atoms with Crippen LogP contribution < -0.4 is 15.8 Å². The highest BCUT2D eigenvalue weighted by Gasteiger charge is 2.07. The van der Waals surface area contributed by atoms with Gasteiger partial charge >= 0.3 is 0 Å². The highest BCUT2D eigenvalue weighted by atomic mass is 35.5. The van der Waals surface area contributed by atoms with Gasteiger partial charge < -0.3 is 20.9 Å². The minimum absolute atomic E-state index is 0.0959. The number of halogens is 1. The smallest absolute Gasteiger partial charge is 0.159 e. The molecule has 0 atom stereocenters. The fraction of sp³-hybridized carbons (Fsp3) is 0.143. The van der Waals surface area contributed by atoms with Crippen molar-refractivity contribution in [3.8, 4) is 11.5 Å². The summed E-state index contributed by atoms with van der Waals surface area (Å²) >= 11 is 5.76. The molecule has 0 unspecified atom stereocenters. The Morgan fingerprint density at radius 2 is 1.89 bits per heavy atom. The van der Waals surface area contributed by atoms with Gasteiger partial charge in [0.2, 0.25) is 0 Å². The molecule has 0 aromatic heterocycles. The molecule has 2 rings (SSSR count). The molecule has 0 fully saturated rings. The Morgan fingerprint density at radius 1 is 1.21 bits per heavy atom. The van der Waals surface area contributed by atoms with Gasteiger partial charge in [0.15, 0.2) is 5.75 Å². The van der Waals surface area contributed by atoms with Gasteiger partial charge in [0, 0.05) is 6.54 Å². The van der Waals surface area contributed by atoms with Gasteiger partial charge in [-0.1, -0.05) is 23.7 Å². The molecule has 0 radical (unpaired) electrons. The zero-order chi connectivity index (χ0) is 13.8. The number of hydrogen-bond donors (Lipinski definition) is 3. The quantitative estimate of drug-likeness (QED) is 0.593. The Bertz CT molecular complexity index is 570. The van der Waals surface area contributed by atoms with Crippen molar-refractivity contribution >= 4 is 23.0 Å². The largest absolute Gasteiger partial charge is 0.504 e. The van der Waals surface area contributed by atoms with Crippen molar-refractivity contribution in [1.82, 2.24) is 0 Å². The van der Waals surface area contributed by atoms with Crippen molar-refractivity contribution in [3.05, 3.63) is 47.0 Å². The third-order valence-corrected chi connectivity index (χ3v) is 3.11. The molecule has 0 heterocycles. The van der Waals surface area contributed by atoms with Crippen molar-refractivity contribution < 1.29 is 9.84 Å². The number of aromatic hydroxyl groups is 1. The lowest BCUT2D eigenvalue weighted by molar-refractivity contribution is 0.414. The highest BCUT2D eigenvalue weighted by Crippen LogP contribution is 2.35. The van der Waals surface area contributed by atoms with Crippen LogP contribution in [0.4, 0.5) is 11.4 Å². The number of rotatable bonds is 4. The molecule has 5 heteroatoms. The maximum atomic E-state index is 9.64. The van der Waals surface area contributed by atoms with Crippen LogP contribution in [-0.4, -0.2) is 12.2 Å². The van der Waals surface area contributed by atoms with E-state index in [1.165, 1.54) is 0 Å². The summed E-state index contributed by atoms with van der Waals surface area (Å²) in [6.45, 7) is 0.593. The lowest BCUT2D eigenvalue weighted by atomic mass is 10.2. The summed E-state index contributed by atoms with van der Waals surface area (Å²) in [5.41, 5.74) is 7.76. The highest BCUT2D eigenvalue weighted by molar-refractivity contribution is 6.32. The van der Waals surface area contributed by atoms with Gasteiger partial charge in [-0.2, -0.15) is 0 Å². The molecule has 0 spiro atoms. The summed E-state index contributed by atoms with van der Waals surface area (Å²) in [5.74, 6) is 0.716. The van der Waals surface area contributed by atoms with Gasteiger partial charge in [-0.3, -0.25) is 0 Å². The van der Waals surface area contributed by atoms with Gasteiger partial charge in [-0.15, -0.1) is 0 Å². The number of benzene rings is 2. The van der Waals surface area contributed by atoms with E-state index in [9.17, 15) is 5.11 Å². The zero-order valence-electron chi connectivity index (χ0n) is 10.5. The van der Waals surface area contributed by atoms with E-state index in [1.54, 1.807) is 19.2 Å². The molecule has 19 heavy (non-hydrogen) atoms. The van der Waals surface area contributed by atoms with Gasteiger partial charge in [-0.25, -0.2) is 0 Å². The molecule has 0 aliphatic carbocycles. The first-order valence-corrected chi connectivity index (χ1v) is 6.13. The SMILES string of the molecule is COc1ccc(CNc2ccc(Cl)c(O)c2N)cc1. The van der Waals surface area contributed by atoms with E-state index >= 15 is 0 Å².